The van der Waals surface area contributed by atoms with Gasteiger partial charge in [-0.05, 0) is 12.1 Å². The van der Waals surface area contributed by atoms with Gasteiger partial charge in [0.05, 0.1) is 25.9 Å². The quantitative estimate of drug-likeness (QED) is 0.858. The molecule has 1 fully saturated rings. The SMILES string of the molecule is CCN1CCOC(CN)C1c1ccc(OC)nc1. The highest BCUT2D eigenvalue weighted by molar-refractivity contribution is 5.22. The van der Waals surface area contributed by atoms with Crippen molar-refractivity contribution < 1.29 is 9.47 Å². The van der Waals surface area contributed by atoms with Crippen LogP contribution in [-0.2, 0) is 4.74 Å². The predicted octanol–water partition coefficient (Wildman–Crippen LogP) is 0.811. The van der Waals surface area contributed by atoms with Crippen LogP contribution in [0, 0.1) is 0 Å². The number of methoxy groups -OCH3 is 1. The van der Waals surface area contributed by atoms with Crippen LogP contribution in [0.2, 0.25) is 0 Å². The van der Waals surface area contributed by atoms with Crippen LogP contribution in [0.4, 0.5) is 0 Å². The van der Waals surface area contributed by atoms with E-state index in [1.54, 1.807) is 7.11 Å². The molecule has 2 unspecified atom stereocenters. The van der Waals surface area contributed by atoms with Gasteiger partial charge in [-0.15, -0.1) is 0 Å². The summed E-state index contributed by atoms with van der Waals surface area (Å²) in [6.07, 6.45) is 1.89. The fraction of sp³-hybridized carbons (Fsp3) is 0.615. The molecule has 1 saturated heterocycles. The van der Waals surface area contributed by atoms with Crippen LogP contribution in [0.5, 0.6) is 5.88 Å². The van der Waals surface area contributed by atoms with Crippen molar-refractivity contribution in [3.8, 4) is 5.88 Å². The lowest BCUT2D eigenvalue weighted by molar-refractivity contribution is -0.0659. The molecule has 2 N–H and O–H groups in total. The van der Waals surface area contributed by atoms with Gasteiger partial charge in [-0.25, -0.2) is 4.98 Å². The summed E-state index contributed by atoms with van der Waals surface area (Å²) in [6, 6.07) is 4.11. The number of morpholine rings is 1. The average Bonchev–Trinajstić information content (AvgIpc) is 2.46. The minimum atomic E-state index is 0.0360. The third-order valence-electron chi connectivity index (χ3n) is 3.40. The zero-order valence-electron chi connectivity index (χ0n) is 11.0. The van der Waals surface area contributed by atoms with Gasteiger partial charge in [0.1, 0.15) is 0 Å². The van der Waals surface area contributed by atoms with Crippen molar-refractivity contribution >= 4 is 0 Å². The van der Waals surface area contributed by atoms with E-state index >= 15 is 0 Å². The maximum Gasteiger partial charge on any atom is 0.212 e. The Hall–Kier alpha value is -1.17. The molecule has 1 aliphatic rings. The molecule has 5 heteroatoms. The third kappa shape index (κ3) is 2.63. The van der Waals surface area contributed by atoms with Crippen LogP contribution < -0.4 is 10.5 Å². The van der Waals surface area contributed by atoms with Crippen molar-refractivity contribution in [3.63, 3.8) is 0 Å². The summed E-state index contributed by atoms with van der Waals surface area (Å²) >= 11 is 0. The summed E-state index contributed by atoms with van der Waals surface area (Å²) in [6.45, 7) is 5.34. The van der Waals surface area contributed by atoms with E-state index < -0.39 is 0 Å². The molecule has 5 nitrogen and oxygen atoms in total. The molecule has 100 valence electrons. The summed E-state index contributed by atoms with van der Waals surface area (Å²) in [5, 5.41) is 0. The smallest absolute Gasteiger partial charge is 0.212 e. The fourth-order valence-corrected chi connectivity index (χ4v) is 2.45. The highest BCUT2D eigenvalue weighted by atomic mass is 16.5. The van der Waals surface area contributed by atoms with Crippen molar-refractivity contribution in [2.24, 2.45) is 5.73 Å². The van der Waals surface area contributed by atoms with Crippen molar-refractivity contribution in [1.29, 1.82) is 0 Å². The molecule has 1 aromatic heterocycles. The molecule has 2 heterocycles. The largest absolute Gasteiger partial charge is 0.481 e. The number of aromatic nitrogens is 1. The van der Waals surface area contributed by atoms with Gasteiger partial charge in [-0.1, -0.05) is 13.0 Å². The van der Waals surface area contributed by atoms with Crippen LogP contribution >= 0.6 is 0 Å². The van der Waals surface area contributed by atoms with Crippen LogP contribution in [0.25, 0.3) is 0 Å². The number of hydrogen-bond donors (Lipinski definition) is 1. The Labute approximate surface area is 108 Å². The number of hydrogen-bond acceptors (Lipinski definition) is 5. The Bertz CT molecular complexity index is 357. The standard InChI is InChI=1S/C13H21N3O2/c1-3-16-6-7-18-11(8-14)13(16)10-4-5-12(17-2)15-9-10/h4-5,9,11,13H,3,6-8,14H2,1-2H3. The van der Waals surface area contributed by atoms with Gasteiger partial charge in [0.15, 0.2) is 0 Å². The van der Waals surface area contributed by atoms with Crippen LogP contribution in [0.1, 0.15) is 18.5 Å². The normalized spacial score (nSPS) is 25.1. The van der Waals surface area contributed by atoms with Gasteiger partial charge in [0.2, 0.25) is 5.88 Å². The molecule has 0 aliphatic carbocycles. The van der Waals surface area contributed by atoms with E-state index in [2.05, 4.69) is 16.8 Å². The van der Waals surface area contributed by atoms with E-state index in [1.807, 2.05) is 18.3 Å². The molecule has 0 amide bonds. The lowest BCUT2D eigenvalue weighted by Crippen LogP contribution is -2.48. The second-order valence-corrected chi connectivity index (χ2v) is 4.35. The highest BCUT2D eigenvalue weighted by Gasteiger charge is 2.31. The average molecular weight is 251 g/mol. The summed E-state index contributed by atoms with van der Waals surface area (Å²) in [4.78, 5) is 6.64. The molecule has 0 bridgehead atoms. The molecular formula is C13H21N3O2. The topological polar surface area (TPSA) is 60.6 Å². The summed E-state index contributed by atoms with van der Waals surface area (Å²) in [7, 11) is 1.62. The van der Waals surface area contributed by atoms with Gasteiger partial charge < -0.3 is 15.2 Å². The van der Waals surface area contributed by atoms with Crippen LogP contribution in [-0.4, -0.2) is 49.3 Å². The molecule has 18 heavy (non-hydrogen) atoms. The molecule has 0 spiro atoms. The van der Waals surface area contributed by atoms with E-state index in [-0.39, 0.29) is 12.1 Å². The van der Waals surface area contributed by atoms with E-state index in [4.69, 9.17) is 15.2 Å². The minimum Gasteiger partial charge on any atom is -0.481 e. The first-order valence-electron chi connectivity index (χ1n) is 6.35. The number of rotatable bonds is 4. The number of nitrogens with zero attached hydrogens (tertiary/aromatic N) is 2. The maximum atomic E-state index is 5.81. The Morgan fingerprint density at radius 3 is 2.94 bits per heavy atom. The maximum absolute atomic E-state index is 5.81. The zero-order valence-corrected chi connectivity index (χ0v) is 11.0. The van der Waals surface area contributed by atoms with E-state index in [1.165, 1.54) is 0 Å². The van der Waals surface area contributed by atoms with Crippen LogP contribution in [0.3, 0.4) is 0 Å². The number of pyridine rings is 1. The Kier molecular flexibility index (Phi) is 4.52. The van der Waals surface area contributed by atoms with Crippen molar-refractivity contribution in [2.45, 2.75) is 19.1 Å². The number of nitrogens with two attached hydrogens (primary N) is 1. The molecular weight excluding hydrogens is 230 g/mol. The second kappa shape index (κ2) is 6.13. The zero-order chi connectivity index (χ0) is 13.0. The van der Waals surface area contributed by atoms with Crippen molar-refractivity contribution in [2.75, 3.05) is 33.4 Å². The predicted molar refractivity (Wildman–Crippen MR) is 69.6 cm³/mol. The van der Waals surface area contributed by atoms with Gasteiger partial charge in [0, 0.05) is 25.4 Å². The molecule has 1 aromatic rings. The minimum absolute atomic E-state index is 0.0360. The van der Waals surface area contributed by atoms with Crippen LogP contribution in [0.15, 0.2) is 18.3 Å². The van der Waals surface area contributed by atoms with E-state index in [9.17, 15) is 0 Å². The molecule has 0 saturated carbocycles. The first-order chi connectivity index (χ1) is 8.80. The van der Waals surface area contributed by atoms with E-state index in [0.717, 1.165) is 25.3 Å². The number of ether oxygens (including phenoxy) is 2. The monoisotopic (exact) mass is 251 g/mol. The van der Waals surface area contributed by atoms with Crippen molar-refractivity contribution in [3.05, 3.63) is 23.9 Å². The van der Waals surface area contributed by atoms with Gasteiger partial charge in [-0.3, -0.25) is 4.90 Å². The lowest BCUT2D eigenvalue weighted by atomic mass is 9.99. The molecule has 0 radical (unpaired) electrons. The van der Waals surface area contributed by atoms with Crippen molar-refractivity contribution in [1.82, 2.24) is 9.88 Å². The third-order valence-corrected chi connectivity index (χ3v) is 3.40. The van der Waals surface area contributed by atoms with E-state index in [0.29, 0.717) is 12.4 Å². The highest BCUT2D eigenvalue weighted by Crippen LogP contribution is 2.29. The summed E-state index contributed by atoms with van der Waals surface area (Å²) in [5.41, 5.74) is 6.94. The Morgan fingerprint density at radius 2 is 2.39 bits per heavy atom. The van der Waals surface area contributed by atoms with Gasteiger partial charge >= 0.3 is 0 Å². The fourth-order valence-electron chi connectivity index (χ4n) is 2.45. The Morgan fingerprint density at radius 1 is 1.56 bits per heavy atom. The number of likely N-dealkylation sites (N-methyl/N-ethyl adjacent to an activating group) is 1. The second-order valence-electron chi connectivity index (χ2n) is 4.35. The van der Waals surface area contributed by atoms with Gasteiger partial charge in [0.25, 0.3) is 0 Å². The Balaban J connectivity index is 2.24. The lowest BCUT2D eigenvalue weighted by Gasteiger charge is -2.40. The summed E-state index contributed by atoms with van der Waals surface area (Å²) in [5.74, 6) is 0.628. The molecule has 1 aliphatic heterocycles. The first-order valence-corrected chi connectivity index (χ1v) is 6.35. The molecule has 2 atom stereocenters. The molecule has 0 aromatic carbocycles. The summed E-state index contributed by atoms with van der Waals surface area (Å²) < 4.78 is 10.8. The first kappa shape index (κ1) is 13.3. The van der Waals surface area contributed by atoms with Gasteiger partial charge in [-0.2, -0.15) is 0 Å². The molecule has 2 rings (SSSR count).